The Balaban J connectivity index is 2.82. The standard InChI is InChI=1S/C13H21N/c1-4-12(5-2)13(6-3)14-10-8-7-9-11-14/h4,6H,1,3,5,7-11H2,2H3/b13-12-. The van der Waals surface area contributed by atoms with Gasteiger partial charge >= 0.3 is 0 Å². The minimum atomic E-state index is 1.04. The summed E-state index contributed by atoms with van der Waals surface area (Å²) in [4.78, 5) is 2.44. The van der Waals surface area contributed by atoms with Gasteiger partial charge in [-0.05, 0) is 37.3 Å². The molecule has 1 heterocycles. The Morgan fingerprint density at radius 2 is 1.79 bits per heavy atom. The molecule has 1 fully saturated rings. The zero-order valence-corrected chi connectivity index (χ0v) is 9.26. The van der Waals surface area contributed by atoms with Gasteiger partial charge in [0.05, 0.1) is 0 Å². The first-order valence-electron chi connectivity index (χ1n) is 5.56. The average molecular weight is 191 g/mol. The van der Waals surface area contributed by atoms with Gasteiger partial charge in [0.15, 0.2) is 0 Å². The summed E-state index contributed by atoms with van der Waals surface area (Å²) in [5, 5.41) is 0. The molecule has 0 spiro atoms. The van der Waals surface area contributed by atoms with E-state index in [-0.39, 0.29) is 0 Å². The molecule has 0 radical (unpaired) electrons. The van der Waals surface area contributed by atoms with E-state index in [9.17, 15) is 0 Å². The van der Waals surface area contributed by atoms with Crippen LogP contribution in [-0.2, 0) is 0 Å². The maximum atomic E-state index is 3.91. The van der Waals surface area contributed by atoms with Crippen molar-refractivity contribution in [1.82, 2.24) is 4.90 Å². The fourth-order valence-electron chi connectivity index (χ4n) is 2.03. The topological polar surface area (TPSA) is 3.24 Å². The predicted octanol–water partition coefficient (Wildman–Crippen LogP) is 3.51. The summed E-state index contributed by atoms with van der Waals surface area (Å²) in [5.74, 6) is 0. The highest BCUT2D eigenvalue weighted by molar-refractivity contribution is 5.30. The van der Waals surface area contributed by atoms with Gasteiger partial charge in [-0.15, -0.1) is 0 Å². The molecule has 0 bridgehead atoms. The molecule has 0 atom stereocenters. The SMILES string of the molecule is C=C/C(CC)=C(\C=C)N1CCCCC1. The maximum absolute atomic E-state index is 3.91. The Morgan fingerprint density at radius 1 is 1.14 bits per heavy atom. The lowest BCUT2D eigenvalue weighted by molar-refractivity contribution is 0.291. The van der Waals surface area contributed by atoms with Gasteiger partial charge in [-0.25, -0.2) is 0 Å². The van der Waals surface area contributed by atoms with Gasteiger partial charge in [0.1, 0.15) is 0 Å². The van der Waals surface area contributed by atoms with E-state index in [0.29, 0.717) is 0 Å². The molecule has 1 aliphatic rings. The predicted molar refractivity (Wildman–Crippen MR) is 63.1 cm³/mol. The van der Waals surface area contributed by atoms with Crippen LogP contribution in [-0.4, -0.2) is 18.0 Å². The Hall–Kier alpha value is -0.980. The summed E-state index contributed by atoms with van der Waals surface area (Å²) in [7, 11) is 0. The third kappa shape index (κ3) is 2.50. The van der Waals surface area contributed by atoms with Crippen molar-refractivity contribution in [2.24, 2.45) is 0 Å². The number of nitrogens with zero attached hydrogens (tertiary/aromatic N) is 1. The number of likely N-dealkylation sites (tertiary alicyclic amines) is 1. The van der Waals surface area contributed by atoms with Gasteiger partial charge in [-0.3, -0.25) is 0 Å². The molecule has 1 nitrogen and oxygen atoms in total. The lowest BCUT2D eigenvalue weighted by Gasteiger charge is -2.31. The van der Waals surface area contributed by atoms with Crippen molar-refractivity contribution >= 4 is 0 Å². The normalized spacial score (nSPS) is 18.8. The van der Waals surface area contributed by atoms with E-state index in [1.165, 1.54) is 43.6 Å². The van der Waals surface area contributed by atoms with E-state index in [2.05, 4.69) is 25.0 Å². The first-order valence-corrected chi connectivity index (χ1v) is 5.56. The highest BCUT2D eigenvalue weighted by Crippen LogP contribution is 2.20. The molecule has 0 N–H and O–H groups in total. The van der Waals surface area contributed by atoms with E-state index in [1.54, 1.807) is 0 Å². The van der Waals surface area contributed by atoms with Crippen LogP contribution in [0.3, 0.4) is 0 Å². The zero-order valence-electron chi connectivity index (χ0n) is 9.26. The smallest absolute Gasteiger partial charge is 0.0392 e. The van der Waals surface area contributed by atoms with Gasteiger partial charge in [0.25, 0.3) is 0 Å². The molecule has 0 aromatic carbocycles. The molecule has 1 aliphatic heterocycles. The lowest BCUT2D eigenvalue weighted by atomic mass is 10.1. The monoisotopic (exact) mass is 191 g/mol. The van der Waals surface area contributed by atoms with E-state index < -0.39 is 0 Å². The van der Waals surface area contributed by atoms with Crippen LogP contribution in [0.5, 0.6) is 0 Å². The van der Waals surface area contributed by atoms with Crippen molar-refractivity contribution in [3.8, 4) is 0 Å². The van der Waals surface area contributed by atoms with Crippen molar-refractivity contribution in [3.63, 3.8) is 0 Å². The molecule has 0 amide bonds. The van der Waals surface area contributed by atoms with Crippen LogP contribution in [0.4, 0.5) is 0 Å². The fraction of sp³-hybridized carbons (Fsp3) is 0.538. The van der Waals surface area contributed by atoms with Gasteiger partial charge in [0, 0.05) is 18.8 Å². The molecule has 1 saturated heterocycles. The number of hydrogen-bond acceptors (Lipinski definition) is 1. The summed E-state index contributed by atoms with van der Waals surface area (Å²) in [6.07, 6.45) is 8.98. The van der Waals surface area contributed by atoms with Crippen LogP contribution in [0.2, 0.25) is 0 Å². The Kier molecular flexibility index (Phi) is 4.51. The van der Waals surface area contributed by atoms with Crippen molar-refractivity contribution < 1.29 is 0 Å². The summed E-state index contributed by atoms with van der Waals surface area (Å²) >= 11 is 0. The number of rotatable bonds is 4. The molecule has 0 unspecified atom stereocenters. The summed E-state index contributed by atoms with van der Waals surface area (Å²) in [6, 6.07) is 0. The third-order valence-corrected chi connectivity index (χ3v) is 2.85. The summed E-state index contributed by atoms with van der Waals surface area (Å²) in [5.41, 5.74) is 2.61. The average Bonchev–Trinajstić information content (AvgIpc) is 2.27. The second-order valence-electron chi connectivity index (χ2n) is 3.72. The van der Waals surface area contributed by atoms with Crippen molar-refractivity contribution in [2.45, 2.75) is 32.6 Å². The van der Waals surface area contributed by atoms with Crippen molar-refractivity contribution in [1.29, 1.82) is 0 Å². The molecule has 78 valence electrons. The van der Waals surface area contributed by atoms with Gasteiger partial charge in [-0.2, -0.15) is 0 Å². The van der Waals surface area contributed by atoms with Crippen LogP contribution >= 0.6 is 0 Å². The molecule has 1 heteroatoms. The number of allylic oxidation sites excluding steroid dienone is 3. The Bertz CT molecular complexity index is 232. The highest BCUT2D eigenvalue weighted by atomic mass is 15.1. The van der Waals surface area contributed by atoms with Gasteiger partial charge in [-0.1, -0.05) is 26.2 Å². The fourth-order valence-corrected chi connectivity index (χ4v) is 2.03. The maximum Gasteiger partial charge on any atom is 0.0392 e. The largest absolute Gasteiger partial charge is 0.371 e. The number of piperidine rings is 1. The summed E-state index contributed by atoms with van der Waals surface area (Å²) in [6.45, 7) is 12.3. The molecule has 0 aromatic rings. The molecular weight excluding hydrogens is 170 g/mol. The molecule has 14 heavy (non-hydrogen) atoms. The van der Waals surface area contributed by atoms with E-state index in [4.69, 9.17) is 0 Å². The van der Waals surface area contributed by atoms with Crippen molar-refractivity contribution in [3.05, 3.63) is 36.6 Å². The third-order valence-electron chi connectivity index (χ3n) is 2.85. The quantitative estimate of drug-likeness (QED) is 0.615. The Morgan fingerprint density at radius 3 is 2.21 bits per heavy atom. The van der Waals surface area contributed by atoms with E-state index in [1.807, 2.05) is 12.2 Å². The first-order chi connectivity index (χ1) is 6.83. The molecule has 0 saturated carbocycles. The molecule has 0 aliphatic carbocycles. The van der Waals surface area contributed by atoms with Crippen molar-refractivity contribution in [2.75, 3.05) is 13.1 Å². The molecule has 1 rings (SSSR count). The zero-order chi connectivity index (χ0) is 10.4. The van der Waals surface area contributed by atoms with Crippen LogP contribution in [0.1, 0.15) is 32.6 Å². The van der Waals surface area contributed by atoms with Crippen LogP contribution in [0, 0.1) is 0 Å². The number of hydrogen-bond donors (Lipinski definition) is 0. The minimum absolute atomic E-state index is 1.04. The highest BCUT2D eigenvalue weighted by Gasteiger charge is 2.12. The van der Waals surface area contributed by atoms with E-state index >= 15 is 0 Å². The van der Waals surface area contributed by atoms with E-state index in [0.717, 1.165) is 6.42 Å². The Labute approximate surface area is 87.8 Å². The molecule has 0 aromatic heterocycles. The lowest BCUT2D eigenvalue weighted by Crippen LogP contribution is -2.29. The van der Waals surface area contributed by atoms with Gasteiger partial charge in [0.2, 0.25) is 0 Å². The van der Waals surface area contributed by atoms with Crippen LogP contribution in [0.25, 0.3) is 0 Å². The van der Waals surface area contributed by atoms with Crippen LogP contribution in [0.15, 0.2) is 36.6 Å². The van der Waals surface area contributed by atoms with Crippen LogP contribution < -0.4 is 0 Å². The second kappa shape index (κ2) is 5.69. The van der Waals surface area contributed by atoms with Gasteiger partial charge < -0.3 is 4.90 Å². The second-order valence-corrected chi connectivity index (χ2v) is 3.72. The minimum Gasteiger partial charge on any atom is -0.371 e. The molecular formula is C13H21N. The first kappa shape index (κ1) is 11.1. The summed E-state index contributed by atoms with van der Waals surface area (Å²) < 4.78 is 0.